The summed E-state index contributed by atoms with van der Waals surface area (Å²) in [7, 11) is 0. The Balaban J connectivity index is 1.43. The number of hydrogen-bond acceptors (Lipinski definition) is 3. The number of likely N-dealkylation sites (tertiary alicyclic amines) is 1. The van der Waals surface area contributed by atoms with Gasteiger partial charge in [-0.15, -0.1) is 0 Å². The number of amides is 1. The van der Waals surface area contributed by atoms with Crippen LogP contribution in [0.15, 0.2) is 59.5 Å². The van der Waals surface area contributed by atoms with Crippen molar-refractivity contribution in [3.63, 3.8) is 0 Å². The molecule has 4 heterocycles. The first kappa shape index (κ1) is 17.0. The zero-order valence-electron chi connectivity index (χ0n) is 15.8. The largest absolute Gasteiger partial charge is 0.338 e. The lowest BCUT2D eigenvalue weighted by atomic mass is 9.83. The Morgan fingerprint density at radius 3 is 2.68 bits per heavy atom. The number of aromatic nitrogens is 3. The third-order valence-electron chi connectivity index (χ3n) is 6.01. The highest BCUT2D eigenvalue weighted by Gasteiger charge is 2.37. The fourth-order valence-electron chi connectivity index (χ4n) is 4.68. The van der Waals surface area contributed by atoms with Gasteiger partial charge in [0.2, 0.25) is 0 Å². The molecule has 1 amide bonds. The Morgan fingerprint density at radius 1 is 1.04 bits per heavy atom. The van der Waals surface area contributed by atoms with Crippen LogP contribution in [0.2, 0.25) is 0 Å². The van der Waals surface area contributed by atoms with Gasteiger partial charge in [-0.1, -0.05) is 24.3 Å². The predicted octanol–water partition coefficient (Wildman–Crippen LogP) is 2.60. The summed E-state index contributed by atoms with van der Waals surface area (Å²) in [5.41, 5.74) is 3.56. The van der Waals surface area contributed by atoms with Crippen LogP contribution in [-0.4, -0.2) is 38.2 Å². The van der Waals surface area contributed by atoms with E-state index in [0.29, 0.717) is 31.1 Å². The van der Waals surface area contributed by atoms with Crippen LogP contribution in [0, 0.1) is 12.8 Å². The molecule has 2 aromatic heterocycles. The summed E-state index contributed by atoms with van der Waals surface area (Å²) in [6.45, 7) is 3.96. The van der Waals surface area contributed by atoms with E-state index in [1.807, 2.05) is 63.5 Å². The molecule has 2 bridgehead atoms. The Bertz CT molecular complexity index is 1100. The Labute approximate surface area is 163 Å². The molecule has 142 valence electrons. The van der Waals surface area contributed by atoms with Crippen LogP contribution in [-0.2, 0) is 6.54 Å². The van der Waals surface area contributed by atoms with Crippen molar-refractivity contribution < 1.29 is 4.79 Å². The van der Waals surface area contributed by atoms with Crippen molar-refractivity contribution in [1.82, 2.24) is 19.2 Å². The van der Waals surface area contributed by atoms with Gasteiger partial charge in [0.1, 0.15) is 0 Å². The highest BCUT2D eigenvalue weighted by Crippen LogP contribution is 2.35. The Kier molecular flexibility index (Phi) is 3.93. The predicted molar refractivity (Wildman–Crippen MR) is 106 cm³/mol. The first-order chi connectivity index (χ1) is 13.6. The lowest BCUT2D eigenvalue weighted by Gasteiger charge is -2.42. The van der Waals surface area contributed by atoms with E-state index in [-0.39, 0.29) is 17.4 Å². The third-order valence-corrected chi connectivity index (χ3v) is 6.01. The standard InChI is InChI=1S/C22H22N4O2/c1-15-19(11-23-26(15)18-6-3-2-4-7-18)22(28)24-12-16-10-17(14-24)20-8-5-9-21(27)25(20)13-16/h2-9,11,16-17H,10,12-14H2,1H3. The van der Waals surface area contributed by atoms with Crippen molar-refractivity contribution in [3.05, 3.63) is 82.0 Å². The summed E-state index contributed by atoms with van der Waals surface area (Å²) in [6.07, 6.45) is 2.71. The molecule has 5 rings (SSSR count). The molecule has 1 aromatic carbocycles. The molecular weight excluding hydrogens is 352 g/mol. The van der Waals surface area contributed by atoms with Crippen molar-refractivity contribution >= 4 is 5.91 Å². The number of pyridine rings is 1. The molecule has 2 unspecified atom stereocenters. The molecule has 3 aromatic rings. The number of hydrogen-bond donors (Lipinski definition) is 0. The maximum atomic E-state index is 13.3. The SMILES string of the molecule is Cc1c(C(=O)N2CC3CC(C2)c2cccc(=O)n2C3)cnn1-c1ccccc1. The van der Waals surface area contributed by atoms with Crippen LogP contribution in [0.4, 0.5) is 0 Å². The van der Waals surface area contributed by atoms with E-state index in [4.69, 9.17) is 0 Å². The first-order valence-corrected chi connectivity index (χ1v) is 9.71. The highest BCUT2D eigenvalue weighted by molar-refractivity contribution is 5.95. The zero-order valence-corrected chi connectivity index (χ0v) is 15.8. The average Bonchev–Trinajstić information content (AvgIpc) is 3.10. The van der Waals surface area contributed by atoms with E-state index in [9.17, 15) is 9.59 Å². The molecule has 0 N–H and O–H groups in total. The van der Waals surface area contributed by atoms with E-state index in [1.54, 1.807) is 12.3 Å². The number of fused-ring (bicyclic) bond motifs is 4. The van der Waals surface area contributed by atoms with Gasteiger partial charge in [0.25, 0.3) is 11.5 Å². The van der Waals surface area contributed by atoms with Crippen LogP contribution < -0.4 is 5.56 Å². The Hall–Kier alpha value is -3.15. The molecule has 2 atom stereocenters. The summed E-state index contributed by atoms with van der Waals surface area (Å²) in [6, 6.07) is 15.3. The number of benzene rings is 1. The molecule has 0 spiro atoms. The molecule has 6 heteroatoms. The lowest BCUT2D eigenvalue weighted by molar-refractivity contribution is 0.0594. The van der Waals surface area contributed by atoms with Gasteiger partial charge in [-0.25, -0.2) is 4.68 Å². The summed E-state index contributed by atoms with van der Waals surface area (Å²) < 4.78 is 3.70. The molecule has 1 saturated heterocycles. The molecule has 1 fully saturated rings. The molecule has 0 aliphatic carbocycles. The number of carbonyl (C=O) groups excluding carboxylic acids is 1. The van der Waals surface area contributed by atoms with Crippen LogP contribution >= 0.6 is 0 Å². The summed E-state index contributed by atoms with van der Waals surface area (Å²) in [5.74, 6) is 0.565. The number of carbonyl (C=O) groups is 1. The van der Waals surface area contributed by atoms with E-state index < -0.39 is 0 Å². The number of rotatable bonds is 2. The maximum absolute atomic E-state index is 13.3. The molecule has 2 aliphatic rings. The minimum atomic E-state index is 0.0288. The fraction of sp³-hybridized carbons (Fsp3) is 0.318. The molecule has 6 nitrogen and oxygen atoms in total. The van der Waals surface area contributed by atoms with Gasteiger partial charge >= 0.3 is 0 Å². The molecule has 0 saturated carbocycles. The quantitative estimate of drug-likeness (QED) is 0.693. The third kappa shape index (κ3) is 2.68. The summed E-state index contributed by atoms with van der Waals surface area (Å²) >= 11 is 0. The monoisotopic (exact) mass is 374 g/mol. The molecule has 2 aliphatic heterocycles. The Morgan fingerprint density at radius 2 is 1.86 bits per heavy atom. The van der Waals surface area contributed by atoms with Crippen LogP contribution in [0.3, 0.4) is 0 Å². The smallest absolute Gasteiger partial charge is 0.257 e. The first-order valence-electron chi connectivity index (χ1n) is 9.71. The van der Waals surface area contributed by atoms with Crippen LogP contribution in [0.25, 0.3) is 5.69 Å². The zero-order chi connectivity index (χ0) is 19.3. The molecular formula is C22H22N4O2. The van der Waals surface area contributed by atoms with Crippen molar-refractivity contribution in [2.75, 3.05) is 13.1 Å². The van der Waals surface area contributed by atoms with Crippen molar-refractivity contribution in [1.29, 1.82) is 0 Å². The summed E-state index contributed by atoms with van der Waals surface area (Å²) in [5, 5.41) is 4.45. The number of para-hydroxylation sites is 1. The van der Waals surface area contributed by atoms with E-state index in [0.717, 1.165) is 23.5 Å². The van der Waals surface area contributed by atoms with Gasteiger partial charge in [0.05, 0.1) is 23.1 Å². The van der Waals surface area contributed by atoms with Crippen molar-refractivity contribution in [2.45, 2.75) is 25.8 Å². The second-order valence-electron chi connectivity index (χ2n) is 7.80. The average molecular weight is 374 g/mol. The second-order valence-corrected chi connectivity index (χ2v) is 7.80. The second kappa shape index (κ2) is 6.48. The van der Waals surface area contributed by atoms with Gasteiger partial charge in [-0.05, 0) is 37.5 Å². The van der Waals surface area contributed by atoms with Crippen LogP contribution in [0.1, 0.15) is 34.1 Å². The highest BCUT2D eigenvalue weighted by atomic mass is 16.2. The van der Waals surface area contributed by atoms with Gasteiger partial charge in [0, 0.05) is 37.3 Å². The fourth-order valence-corrected chi connectivity index (χ4v) is 4.68. The summed E-state index contributed by atoms with van der Waals surface area (Å²) in [4.78, 5) is 27.4. The van der Waals surface area contributed by atoms with Gasteiger partial charge in [-0.3, -0.25) is 9.59 Å². The minimum absolute atomic E-state index is 0.0288. The molecule has 28 heavy (non-hydrogen) atoms. The minimum Gasteiger partial charge on any atom is -0.338 e. The number of nitrogens with zero attached hydrogens (tertiary/aromatic N) is 4. The van der Waals surface area contributed by atoms with Gasteiger partial charge in [-0.2, -0.15) is 5.10 Å². The van der Waals surface area contributed by atoms with E-state index in [2.05, 4.69) is 5.10 Å². The maximum Gasteiger partial charge on any atom is 0.257 e. The van der Waals surface area contributed by atoms with Crippen molar-refractivity contribution in [3.8, 4) is 5.69 Å². The topological polar surface area (TPSA) is 60.1 Å². The van der Waals surface area contributed by atoms with E-state index >= 15 is 0 Å². The van der Waals surface area contributed by atoms with E-state index in [1.165, 1.54) is 0 Å². The van der Waals surface area contributed by atoms with Crippen molar-refractivity contribution in [2.24, 2.45) is 5.92 Å². The number of piperidine rings is 1. The lowest BCUT2D eigenvalue weighted by Crippen LogP contribution is -2.49. The molecule has 0 radical (unpaired) electrons. The van der Waals surface area contributed by atoms with Gasteiger partial charge < -0.3 is 9.47 Å². The normalized spacial score (nSPS) is 20.7. The van der Waals surface area contributed by atoms with Gasteiger partial charge in [0.15, 0.2) is 0 Å². The van der Waals surface area contributed by atoms with Crippen LogP contribution in [0.5, 0.6) is 0 Å².